The van der Waals surface area contributed by atoms with Crippen LogP contribution < -0.4 is 4.90 Å². The van der Waals surface area contributed by atoms with E-state index in [2.05, 4.69) is 14.9 Å². The minimum Gasteiger partial charge on any atom is -0.376 e. The predicted molar refractivity (Wildman–Crippen MR) is 71.4 cm³/mol. The van der Waals surface area contributed by atoms with Gasteiger partial charge < -0.3 is 19.3 Å². The Hall–Kier alpha value is -1.73. The van der Waals surface area contributed by atoms with Gasteiger partial charge in [-0.1, -0.05) is 0 Å². The number of anilines is 1. The third-order valence-electron chi connectivity index (χ3n) is 3.52. The van der Waals surface area contributed by atoms with Gasteiger partial charge in [0.25, 0.3) is 5.91 Å². The van der Waals surface area contributed by atoms with Crippen molar-refractivity contribution in [2.45, 2.75) is 6.10 Å². The summed E-state index contributed by atoms with van der Waals surface area (Å²) in [5.74, 6) is 0.746. The molecule has 0 bridgehead atoms. The molecule has 7 heteroatoms. The second kappa shape index (κ2) is 6.15. The van der Waals surface area contributed by atoms with Gasteiger partial charge in [-0.2, -0.15) is 0 Å². The molecule has 1 aromatic heterocycles. The molecule has 0 aromatic carbocycles. The van der Waals surface area contributed by atoms with Crippen molar-refractivity contribution < 1.29 is 14.3 Å². The molecule has 0 N–H and O–H groups in total. The van der Waals surface area contributed by atoms with Gasteiger partial charge in [-0.25, -0.2) is 9.97 Å². The van der Waals surface area contributed by atoms with Crippen LogP contribution in [0.5, 0.6) is 0 Å². The molecule has 108 valence electrons. The van der Waals surface area contributed by atoms with Crippen LogP contribution in [0.15, 0.2) is 18.5 Å². The highest BCUT2D eigenvalue weighted by molar-refractivity contribution is 5.81. The summed E-state index contributed by atoms with van der Waals surface area (Å²) in [6, 6.07) is 1.80. The minimum absolute atomic E-state index is 0.0262. The van der Waals surface area contributed by atoms with Crippen molar-refractivity contribution in [3.63, 3.8) is 0 Å². The van der Waals surface area contributed by atoms with Crippen molar-refractivity contribution in [1.82, 2.24) is 14.9 Å². The average molecular weight is 278 g/mol. The first-order chi connectivity index (χ1) is 9.84. The quantitative estimate of drug-likeness (QED) is 0.729. The van der Waals surface area contributed by atoms with Gasteiger partial charge in [0.1, 0.15) is 0 Å². The third kappa shape index (κ3) is 2.88. The van der Waals surface area contributed by atoms with Crippen LogP contribution in [0.25, 0.3) is 0 Å². The maximum Gasteiger partial charge on any atom is 0.254 e. The zero-order valence-corrected chi connectivity index (χ0v) is 11.3. The Morgan fingerprint density at radius 3 is 2.55 bits per heavy atom. The van der Waals surface area contributed by atoms with E-state index in [0.717, 1.165) is 19.0 Å². The van der Waals surface area contributed by atoms with E-state index in [1.54, 1.807) is 18.5 Å². The van der Waals surface area contributed by atoms with E-state index in [9.17, 15) is 4.79 Å². The molecule has 7 nitrogen and oxygen atoms in total. The van der Waals surface area contributed by atoms with E-state index in [4.69, 9.17) is 9.47 Å². The lowest BCUT2D eigenvalue weighted by molar-refractivity contribution is -0.158. The summed E-state index contributed by atoms with van der Waals surface area (Å²) in [5.41, 5.74) is 0. The molecule has 1 aromatic rings. The lowest BCUT2D eigenvalue weighted by atomic mass is 10.2. The molecule has 2 aliphatic rings. The Morgan fingerprint density at radius 2 is 1.90 bits per heavy atom. The number of aromatic nitrogens is 2. The first-order valence-electron chi connectivity index (χ1n) is 6.85. The van der Waals surface area contributed by atoms with Crippen molar-refractivity contribution in [2.24, 2.45) is 0 Å². The summed E-state index contributed by atoms with van der Waals surface area (Å²) in [6.07, 6.45) is 3.02. The molecule has 2 aliphatic heterocycles. The normalized spacial score (nSPS) is 23.7. The van der Waals surface area contributed by atoms with Gasteiger partial charge in [-0.05, 0) is 6.07 Å². The Kier molecular flexibility index (Phi) is 4.08. The van der Waals surface area contributed by atoms with Crippen molar-refractivity contribution in [2.75, 3.05) is 50.9 Å². The highest BCUT2D eigenvalue weighted by Crippen LogP contribution is 2.12. The average Bonchev–Trinajstić information content (AvgIpc) is 2.56. The van der Waals surface area contributed by atoms with E-state index in [0.29, 0.717) is 32.9 Å². The van der Waals surface area contributed by atoms with Crippen molar-refractivity contribution in [3.8, 4) is 0 Å². The SMILES string of the molecule is O=C(C1COCCO1)N1CCN(c2ncccn2)CC1. The van der Waals surface area contributed by atoms with E-state index in [1.807, 2.05) is 4.90 Å². The number of carbonyl (C=O) groups is 1. The molecule has 1 amide bonds. The highest BCUT2D eigenvalue weighted by Gasteiger charge is 2.30. The number of ether oxygens (including phenoxy) is 2. The molecule has 0 radical (unpaired) electrons. The smallest absolute Gasteiger partial charge is 0.254 e. The topological polar surface area (TPSA) is 67.8 Å². The van der Waals surface area contributed by atoms with Crippen molar-refractivity contribution >= 4 is 11.9 Å². The van der Waals surface area contributed by atoms with Gasteiger partial charge in [0.05, 0.1) is 19.8 Å². The molecule has 1 atom stereocenters. The fourth-order valence-electron chi connectivity index (χ4n) is 2.42. The number of nitrogens with zero attached hydrogens (tertiary/aromatic N) is 4. The Morgan fingerprint density at radius 1 is 1.15 bits per heavy atom. The summed E-state index contributed by atoms with van der Waals surface area (Å²) in [7, 11) is 0. The Balaban J connectivity index is 1.54. The van der Waals surface area contributed by atoms with Crippen LogP contribution in [0.4, 0.5) is 5.95 Å². The number of amides is 1. The zero-order valence-electron chi connectivity index (χ0n) is 11.3. The molecular weight excluding hydrogens is 260 g/mol. The largest absolute Gasteiger partial charge is 0.376 e. The van der Waals surface area contributed by atoms with Crippen LogP contribution in [0.1, 0.15) is 0 Å². The number of hydrogen-bond donors (Lipinski definition) is 0. The molecular formula is C13H18N4O3. The van der Waals surface area contributed by atoms with Gasteiger partial charge in [-0.3, -0.25) is 4.79 Å². The molecule has 2 fully saturated rings. The molecule has 1 unspecified atom stereocenters. The second-order valence-corrected chi connectivity index (χ2v) is 4.80. The maximum atomic E-state index is 12.3. The number of rotatable bonds is 2. The van der Waals surface area contributed by atoms with Crippen LogP contribution in [-0.2, 0) is 14.3 Å². The number of piperazine rings is 1. The summed E-state index contributed by atoms with van der Waals surface area (Å²) < 4.78 is 10.7. The van der Waals surface area contributed by atoms with Gasteiger partial charge in [0.2, 0.25) is 5.95 Å². The van der Waals surface area contributed by atoms with Crippen LogP contribution >= 0.6 is 0 Å². The standard InChI is InChI=1S/C13H18N4O3/c18-12(11-10-19-8-9-20-11)16-4-6-17(7-5-16)13-14-2-1-3-15-13/h1-3,11H,4-10H2. The predicted octanol–water partition coefficient (Wildman–Crippen LogP) is -0.459. The summed E-state index contributed by atoms with van der Waals surface area (Å²) in [4.78, 5) is 24.6. The van der Waals surface area contributed by atoms with E-state index >= 15 is 0 Å². The lowest BCUT2D eigenvalue weighted by Crippen LogP contribution is -2.53. The number of hydrogen-bond acceptors (Lipinski definition) is 6. The molecule has 3 rings (SSSR count). The fraction of sp³-hybridized carbons (Fsp3) is 0.615. The van der Waals surface area contributed by atoms with Gasteiger partial charge in [0.15, 0.2) is 6.10 Å². The first-order valence-corrected chi connectivity index (χ1v) is 6.85. The monoisotopic (exact) mass is 278 g/mol. The molecule has 0 spiro atoms. The van der Waals surface area contributed by atoms with Gasteiger partial charge >= 0.3 is 0 Å². The molecule has 3 heterocycles. The van der Waals surface area contributed by atoms with Crippen LogP contribution in [0.2, 0.25) is 0 Å². The molecule has 20 heavy (non-hydrogen) atoms. The lowest BCUT2D eigenvalue weighted by Gasteiger charge is -2.36. The maximum absolute atomic E-state index is 12.3. The minimum atomic E-state index is -0.441. The van der Waals surface area contributed by atoms with Gasteiger partial charge in [0, 0.05) is 38.6 Å². The third-order valence-corrected chi connectivity index (χ3v) is 3.52. The highest BCUT2D eigenvalue weighted by atomic mass is 16.6. The van der Waals surface area contributed by atoms with Crippen LogP contribution in [0.3, 0.4) is 0 Å². The summed E-state index contributed by atoms with van der Waals surface area (Å²) in [5, 5.41) is 0. The number of carbonyl (C=O) groups excluding carboxylic acids is 1. The van der Waals surface area contributed by atoms with E-state index in [-0.39, 0.29) is 5.91 Å². The first kappa shape index (κ1) is 13.3. The zero-order chi connectivity index (χ0) is 13.8. The Bertz CT molecular complexity index is 442. The van der Waals surface area contributed by atoms with E-state index in [1.165, 1.54) is 0 Å². The van der Waals surface area contributed by atoms with Crippen LogP contribution in [0, 0.1) is 0 Å². The van der Waals surface area contributed by atoms with Crippen molar-refractivity contribution in [1.29, 1.82) is 0 Å². The summed E-state index contributed by atoms with van der Waals surface area (Å²) >= 11 is 0. The Labute approximate surface area is 117 Å². The van der Waals surface area contributed by atoms with Crippen LogP contribution in [-0.4, -0.2) is 72.9 Å². The fourth-order valence-corrected chi connectivity index (χ4v) is 2.42. The van der Waals surface area contributed by atoms with Crippen molar-refractivity contribution in [3.05, 3.63) is 18.5 Å². The summed E-state index contributed by atoms with van der Waals surface area (Å²) in [6.45, 7) is 4.23. The second-order valence-electron chi connectivity index (χ2n) is 4.80. The molecule has 0 aliphatic carbocycles. The molecule has 2 saturated heterocycles. The van der Waals surface area contributed by atoms with E-state index < -0.39 is 6.10 Å². The van der Waals surface area contributed by atoms with Gasteiger partial charge in [-0.15, -0.1) is 0 Å². The molecule has 0 saturated carbocycles.